The highest BCUT2D eigenvalue weighted by molar-refractivity contribution is 5.99. The van der Waals surface area contributed by atoms with E-state index in [2.05, 4.69) is 15.3 Å². The standard InChI is InChI=1S/C23H24F2N4O3/c1-23(2,3)32-22(31)28-20(9-14-7-16(24)10-17(25)8-14)21(30)29(4)18-6-5-15-12-26-13-27-19(15)11-18/h5-8,10-13,20H,9H2,1-4H3,(H,28,31)/t20-/m0/s1. The molecule has 0 fully saturated rings. The van der Waals surface area contributed by atoms with Crippen LogP contribution in [0.4, 0.5) is 19.3 Å². The first-order valence-corrected chi connectivity index (χ1v) is 9.94. The Hall–Kier alpha value is -3.62. The third-order valence-electron chi connectivity index (χ3n) is 4.56. The van der Waals surface area contributed by atoms with Gasteiger partial charge in [-0.3, -0.25) is 4.79 Å². The first kappa shape index (κ1) is 23.1. The number of nitrogens with one attached hydrogen (secondary N) is 1. The molecule has 0 aliphatic heterocycles. The Kier molecular flexibility index (Phi) is 6.67. The van der Waals surface area contributed by atoms with Gasteiger partial charge in [0.05, 0.1) is 5.52 Å². The van der Waals surface area contributed by atoms with Crippen molar-refractivity contribution >= 4 is 28.6 Å². The normalized spacial score (nSPS) is 12.3. The number of benzene rings is 2. The summed E-state index contributed by atoms with van der Waals surface area (Å²) in [4.78, 5) is 35.1. The zero-order valence-corrected chi connectivity index (χ0v) is 18.2. The van der Waals surface area contributed by atoms with E-state index >= 15 is 0 Å². The van der Waals surface area contributed by atoms with Crippen LogP contribution in [-0.4, -0.2) is 40.7 Å². The fraction of sp³-hybridized carbons (Fsp3) is 0.304. The van der Waals surface area contributed by atoms with Gasteiger partial charge in [-0.15, -0.1) is 0 Å². The van der Waals surface area contributed by atoms with Crippen LogP contribution >= 0.6 is 0 Å². The zero-order valence-electron chi connectivity index (χ0n) is 18.2. The number of aromatic nitrogens is 2. The molecular formula is C23H24F2N4O3. The Morgan fingerprint density at radius 1 is 1.12 bits per heavy atom. The number of rotatable bonds is 5. The van der Waals surface area contributed by atoms with E-state index in [1.54, 1.807) is 52.2 Å². The van der Waals surface area contributed by atoms with Crippen LogP contribution in [0.2, 0.25) is 0 Å². The predicted molar refractivity (Wildman–Crippen MR) is 116 cm³/mol. The first-order valence-electron chi connectivity index (χ1n) is 9.94. The maximum Gasteiger partial charge on any atom is 0.408 e. The van der Waals surface area contributed by atoms with Crippen LogP contribution in [0.25, 0.3) is 10.9 Å². The smallest absolute Gasteiger partial charge is 0.408 e. The summed E-state index contributed by atoms with van der Waals surface area (Å²) < 4.78 is 32.6. The SMILES string of the molecule is CN(C(=O)[C@H](Cc1cc(F)cc(F)c1)NC(=O)OC(C)(C)C)c1ccc2cncnc2c1. The van der Waals surface area contributed by atoms with Gasteiger partial charge in [0, 0.05) is 36.8 Å². The fourth-order valence-electron chi connectivity index (χ4n) is 3.15. The van der Waals surface area contributed by atoms with Crippen molar-refractivity contribution in [2.75, 3.05) is 11.9 Å². The number of hydrogen-bond donors (Lipinski definition) is 1. The van der Waals surface area contributed by atoms with Crippen molar-refractivity contribution < 1.29 is 23.1 Å². The van der Waals surface area contributed by atoms with E-state index in [-0.39, 0.29) is 12.0 Å². The molecule has 1 atom stereocenters. The highest BCUT2D eigenvalue weighted by Gasteiger charge is 2.28. The summed E-state index contributed by atoms with van der Waals surface area (Å²) >= 11 is 0. The molecule has 0 saturated carbocycles. The molecule has 1 aromatic heterocycles. The molecule has 0 bridgehead atoms. The number of amides is 2. The lowest BCUT2D eigenvalue weighted by atomic mass is 10.0. The Balaban J connectivity index is 1.88. The van der Waals surface area contributed by atoms with Crippen LogP contribution < -0.4 is 10.2 Å². The molecule has 0 radical (unpaired) electrons. The van der Waals surface area contributed by atoms with Crippen LogP contribution in [0.15, 0.2) is 48.9 Å². The van der Waals surface area contributed by atoms with E-state index in [9.17, 15) is 18.4 Å². The lowest BCUT2D eigenvalue weighted by Crippen LogP contribution is -2.50. The summed E-state index contributed by atoms with van der Waals surface area (Å²) in [6.45, 7) is 5.07. The number of anilines is 1. The van der Waals surface area contributed by atoms with Crippen LogP contribution in [0, 0.1) is 11.6 Å². The Morgan fingerprint density at radius 3 is 2.47 bits per heavy atom. The Labute approximate surface area is 184 Å². The Morgan fingerprint density at radius 2 is 1.81 bits per heavy atom. The molecule has 1 heterocycles. The van der Waals surface area contributed by atoms with Gasteiger partial charge in [-0.25, -0.2) is 23.5 Å². The van der Waals surface area contributed by atoms with E-state index in [1.165, 1.54) is 11.2 Å². The number of alkyl carbamates (subject to hydrolysis) is 1. The number of hydrogen-bond acceptors (Lipinski definition) is 5. The molecule has 2 aromatic carbocycles. The van der Waals surface area contributed by atoms with Crippen molar-refractivity contribution in [2.24, 2.45) is 0 Å². The Bertz CT molecular complexity index is 1130. The van der Waals surface area contributed by atoms with Crippen molar-refractivity contribution in [2.45, 2.75) is 38.8 Å². The second-order valence-corrected chi connectivity index (χ2v) is 8.34. The van der Waals surface area contributed by atoms with Gasteiger partial charge < -0.3 is 15.0 Å². The fourth-order valence-corrected chi connectivity index (χ4v) is 3.15. The molecule has 32 heavy (non-hydrogen) atoms. The number of carbonyl (C=O) groups is 2. The molecule has 0 aliphatic rings. The average Bonchev–Trinajstić information content (AvgIpc) is 2.69. The van der Waals surface area contributed by atoms with Gasteiger partial charge in [0.2, 0.25) is 5.91 Å². The topological polar surface area (TPSA) is 84.4 Å². The van der Waals surface area contributed by atoms with Crippen molar-refractivity contribution in [3.8, 4) is 0 Å². The maximum absolute atomic E-state index is 13.7. The number of halogens is 2. The molecule has 1 N–H and O–H groups in total. The number of ether oxygens (including phenoxy) is 1. The summed E-state index contributed by atoms with van der Waals surface area (Å²) in [6, 6.07) is 7.05. The number of likely N-dealkylation sites (N-methyl/N-ethyl adjacent to an activating group) is 1. The second kappa shape index (κ2) is 9.25. The quantitative estimate of drug-likeness (QED) is 0.646. The van der Waals surface area contributed by atoms with Gasteiger partial charge in [0.25, 0.3) is 0 Å². The lowest BCUT2D eigenvalue weighted by Gasteiger charge is -2.27. The van der Waals surface area contributed by atoms with Crippen LogP contribution in [0.5, 0.6) is 0 Å². The maximum atomic E-state index is 13.7. The molecule has 0 unspecified atom stereocenters. The summed E-state index contributed by atoms with van der Waals surface area (Å²) in [7, 11) is 1.54. The van der Waals surface area contributed by atoms with Gasteiger partial charge >= 0.3 is 6.09 Å². The summed E-state index contributed by atoms with van der Waals surface area (Å²) in [6.07, 6.45) is 2.11. The minimum atomic E-state index is -1.13. The predicted octanol–water partition coefficient (Wildman–Crippen LogP) is 4.01. The number of nitrogens with zero attached hydrogens (tertiary/aromatic N) is 3. The molecule has 168 valence electrons. The highest BCUT2D eigenvalue weighted by atomic mass is 19.1. The van der Waals surface area contributed by atoms with E-state index in [0.717, 1.165) is 23.6 Å². The van der Waals surface area contributed by atoms with Gasteiger partial charge in [0.1, 0.15) is 29.6 Å². The highest BCUT2D eigenvalue weighted by Crippen LogP contribution is 2.21. The van der Waals surface area contributed by atoms with E-state index in [4.69, 9.17) is 4.74 Å². The van der Waals surface area contributed by atoms with E-state index in [0.29, 0.717) is 11.2 Å². The van der Waals surface area contributed by atoms with Crippen LogP contribution in [0.3, 0.4) is 0 Å². The van der Waals surface area contributed by atoms with Crippen LogP contribution in [0.1, 0.15) is 26.3 Å². The molecule has 0 saturated heterocycles. The largest absolute Gasteiger partial charge is 0.444 e. The molecule has 0 aliphatic carbocycles. The van der Waals surface area contributed by atoms with Gasteiger partial charge in [-0.05, 0) is 56.7 Å². The first-order chi connectivity index (χ1) is 15.0. The molecule has 2 amide bonds. The number of carbonyl (C=O) groups excluding carboxylic acids is 2. The zero-order chi connectivity index (χ0) is 23.5. The minimum Gasteiger partial charge on any atom is -0.444 e. The summed E-state index contributed by atoms with van der Waals surface area (Å²) in [5.41, 5.74) is 0.604. The minimum absolute atomic E-state index is 0.132. The van der Waals surface area contributed by atoms with Gasteiger partial charge in [0.15, 0.2) is 0 Å². The molecule has 7 nitrogen and oxygen atoms in total. The number of fused-ring (bicyclic) bond motifs is 1. The van der Waals surface area contributed by atoms with E-state index < -0.39 is 35.3 Å². The third-order valence-corrected chi connectivity index (χ3v) is 4.56. The van der Waals surface area contributed by atoms with Crippen molar-refractivity contribution in [1.82, 2.24) is 15.3 Å². The molecular weight excluding hydrogens is 418 g/mol. The summed E-state index contributed by atoms with van der Waals surface area (Å²) in [5.74, 6) is -2.04. The van der Waals surface area contributed by atoms with Gasteiger partial charge in [-0.2, -0.15) is 0 Å². The van der Waals surface area contributed by atoms with Gasteiger partial charge in [-0.1, -0.05) is 0 Å². The molecule has 3 rings (SSSR count). The van der Waals surface area contributed by atoms with Crippen molar-refractivity contribution in [1.29, 1.82) is 0 Å². The average molecular weight is 442 g/mol. The lowest BCUT2D eigenvalue weighted by molar-refractivity contribution is -0.120. The van der Waals surface area contributed by atoms with Crippen LogP contribution in [-0.2, 0) is 16.0 Å². The molecule has 9 heteroatoms. The van der Waals surface area contributed by atoms with Crippen molar-refractivity contribution in [3.63, 3.8) is 0 Å². The molecule has 3 aromatic rings. The third kappa shape index (κ3) is 5.96. The summed E-state index contributed by atoms with van der Waals surface area (Å²) in [5, 5.41) is 3.33. The molecule has 0 spiro atoms. The van der Waals surface area contributed by atoms with E-state index in [1.807, 2.05) is 0 Å². The second-order valence-electron chi connectivity index (χ2n) is 8.34. The monoisotopic (exact) mass is 442 g/mol. The van der Waals surface area contributed by atoms with Crippen molar-refractivity contribution in [3.05, 3.63) is 66.1 Å².